The summed E-state index contributed by atoms with van der Waals surface area (Å²) in [5, 5.41) is 6.90. The summed E-state index contributed by atoms with van der Waals surface area (Å²) in [6.07, 6.45) is 1.43. The normalized spacial score (nSPS) is 10.7. The summed E-state index contributed by atoms with van der Waals surface area (Å²) >= 11 is 5.79. The molecule has 0 heterocycles. The van der Waals surface area contributed by atoms with Crippen molar-refractivity contribution in [2.75, 3.05) is 6.54 Å². The molecule has 1 aromatic rings. The van der Waals surface area contributed by atoms with Gasteiger partial charge in [-0.3, -0.25) is 4.79 Å². The molecule has 4 heteroatoms. The second kappa shape index (κ2) is 8.11. The minimum Gasteiger partial charge on any atom is -0.352 e. The standard InChI is InChI=1S/C14H21ClN2O/c1-11(2)16-9-3-4-14(18)17-10-12-5-7-13(15)8-6-12/h5-8,11,16H,3-4,9-10H2,1-2H3,(H,17,18). The first-order valence-corrected chi connectivity index (χ1v) is 6.70. The van der Waals surface area contributed by atoms with Crippen LogP contribution in [-0.2, 0) is 11.3 Å². The van der Waals surface area contributed by atoms with E-state index in [4.69, 9.17) is 11.6 Å². The molecule has 0 aromatic heterocycles. The molecule has 0 saturated carbocycles. The molecular formula is C14H21ClN2O. The monoisotopic (exact) mass is 268 g/mol. The van der Waals surface area contributed by atoms with Gasteiger partial charge in [-0.1, -0.05) is 37.6 Å². The maximum absolute atomic E-state index is 11.6. The van der Waals surface area contributed by atoms with Crippen LogP contribution in [0.1, 0.15) is 32.3 Å². The lowest BCUT2D eigenvalue weighted by atomic mass is 10.2. The van der Waals surface area contributed by atoms with Crippen LogP contribution in [0.5, 0.6) is 0 Å². The second-order valence-electron chi connectivity index (χ2n) is 4.62. The summed E-state index contributed by atoms with van der Waals surface area (Å²) in [6, 6.07) is 7.97. The fourth-order valence-electron chi connectivity index (χ4n) is 1.53. The maximum atomic E-state index is 11.6. The van der Waals surface area contributed by atoms with Crippen molar-refractivity contribution in [2.45, 2.75) is 39.3 Å². The van der Waals surface area contributed by atoms with Crippen LogP contribution in [0.25, 0.3) is 0 Å². The molecule has 0 bridgehead atoms. The zero-order valence-electron chi connectivity index (χ0n) is 11.0. The highest BCUT2D eigenvalue weighted by Gasteiger charge is 2.01. The molecule has 1 rings (SSSR count). The Balaban J connectivity index is 2.15. The van der Waals surface area contributed by atoms with Gasteiger partial charge in [-0.15, -0.1) is 0 Å². The van der Waals surface area contributed by atoms with Gasteiger partial charge in [0.05, 0.1) is 0 Å². The number of benzene rings is 1. The summed E-state index contributed by atoms with van der Waals surface area (Å²) in [6.45, 7) is 5.64. The smallest absolute Gasteiger partial charge is 0.220 e. The highest BCUT2D eigenvalue weighted by Crippen LogP contribution is 2.09. The molecule has 0 unspecified atom stereocenters. The van der Waals surface area contributed by atoms with E-state index in [-0.39, 0.29) is 5.91 Å². The Labute approximate surface area is 114 Å². The zero-order valence-corrected chi connectivity index (χ0v) is 11.8. The molecule has 0 fully saturated rings. The van der Waals surface area contributed by atoms with Gasteiger partial charge in [0.1, 0.15) is 0 Å². The van der Waals surface area contributed by atoms with Crippen LogP contribution in [0.3, 0.4) is 0 Å². The van der Waals surface area contributed by atoms with Gasteiger partial charge in [0.2, 0.25) is 5.91 Å². The average Bonchev–Trinajstić information content (AvgIpc) is 2.34. The van der Waals surface area contributed by atoms with Crippen LogP contribution in [0.2, 0.25) is 5.02 Å². The van der Waals surface area contributed by atoms with Gasteiger partial charge in [0, 0.05) is 24.0 Å². The molecule has 0 saturated heterocycles. The van der Waals surface area contributed by atoms with E-state index in [0.717, 1.165) is 18.5 Å². The van der Waals surface area contributed by atoms with Crippen molar-refractivity contribution in [2.24, 2.45) is 0 Å². The number of halogens is 1. The van der Waals surface area contributed by atoms with Crippen molar-refractivity contribution in [3.63, 3.8) is 0 Å². The molecule has 0 atom stereocenters. The summed E-state index contributed by atoms with van der Waals surface area (Å²) in [5.74, 6) is 0.0931. The van der Waals surface area contributed by atoms with Crippen LogP contribution in [0.15, 0.2) is 24.3 Å². The van der Waals surface area contributed by atoms with Gasteiger partial charge < -0.3 is 10.6 Å². The van der Waals surface area contributed by atoms with Gasteiger partial charge in [0.25, 0.3) is 0 Å². The number of rotatable bonds is 7. The lowest BCUT2D eigenvalue weighted by molar-refractivity contribution is -0.121. The van der Waals surface area contributed by atoms with E-state index in [9.17, 15) is 4.79 Å². The highest BCUT2D eigenvalue weighted by atomic mass is 35.5. The average molecular weight is 269 g/mol. The SMILES string of the molecule is CC(C)NCCCC(=O)NCc1ccc(Cl)cc1. The van der Waals surface area contributed by atoms with Crippen LogP contribution in [0, 0.1) is 0 Å². The zero-order chi connectivity index (χ0) is 13.4. The largest absolute Gasteiger partial charge is 0.352 e. The predicted molar refractivity (Wildman–Crippen MR) is 75.7 cm³/mol. The number of nitrogens with one attached hydrogen (secondary N) is 2. The van der Waals surface area contributed by atoms with Crippen molar-refractivity contribution >= 4 is 17.5 Å². The van der Waals surface area contributed by atoms with Gasteiger partial charge >= 0.3 is 0 Å². The van der Waals surface area contributed by atoms with Crippen LogP contribution in [0.4, 0.5) is 0 Å². The number of carbonyl (C=O) groups excluding carboxylic acids is 1. The van der Waals surface area contributed by atoms with Crippen molar-refractivity contribution in [1.82, 2.24) is 10.6 Å². The molecule has 1 amide bonds. The fourth-order valence-corrected chi connectivity index (χ4v) is 1.66. The van der Waals surface area contributed by atoms with E-state index >= 15 is 0 Å². The third-order valence-corrected chi connectivity index (χ3v) is 2.79. The third kappa shape index (κ3) is 6.62. The fraction of sp³-hybridized carbons (Fsp3) is 0.500. The topological polar surface area (TPSA) is 41.1 Å². The Hall–Kier alpha value is -1.06. The number of amides is 1. The summed E-state index contributed by atoms with van der Waals surface area (Å²) < 4.78 is 0. The second-order valence-corrected chi connectivity index (χ2v) is 5.05. The van der Waals surface area contributed by atoms with Gasteiger partial charge in [0.15, 0.2) is 0 Å². The van der Waals surface area contributed by atoms with Crippen LogP contribution >= 0.6 is 11.6 Å². The molecule has 3 nitrogen and oxygen atoms in total. The van der Waals surface area contributed by atoms with Gasteiger partial charge in [-0.05, 0) is 30.7 Å². The van der Waals surface area contributed by atoms with E-state index < -0.39 is 0 Å². The third-order valence-electron chi connectivity index (χ3n) is 2.54. The number of hydrogen-bond donors (Lipinski definition) is 2. The summed E-state index contributed by atoms with van der Waals surface area (Å²) in [7, 11) is 0. The van der Waals surface area contributed by atoms with E-state index in [0.29, 0.717) is 24.0 Å². The first kappa shape index (κ1) is 15.0. The summed E-state index contributed by atoms with van der Waals surface area (Å²) in [5.41, 5.74) is 1.06. The van der Waals surface area contributed by atoms with E-state index in [2.05, 4.69) is 24.5 Å². The van der Waals surface area contributed by atoms with Crippen LogP contribution in [-0.4, -0.2) is 18.5 Å². The quantitative estimate of drug-likeness (QED) is 0.747. The maximum Gasteiger partial charge on any atom is 0.220 e. The minimum atomic E-state index is 0.0931. The van der Waals surface area contributed by atoms with Crippen LogP contribution < -0.4 is 10.6 Å². The first-order valence-electron chi connectivity index (χ1n) is 6.32. The molecule has 0 radical (unpaired) electrons. The lowest BCUT2D eigenvalue weighted by Crippen LogP contribution is -2.27. The molecule has 0 aliphatic rings. The lowest BCUT2D eigenvalue weighted by Gasteiger charge is -2.08. The first-order chi connectivity index (χ1) is 8.58. The van der Waals surface area contributed by atoms with E-state index in [1.54, 1.807) is 0 Å². The molecule has 0 aliphatic heterocycles. The Morgan fingerprint density at radius 2 is 1.94 bits per heavy atom. The van der Waals surface area contributed by atoms with Crippen molar-refractivity contribution in [3.05, 3.63) is 34.9 Å². The molecule has 0 aliphatic carbocycles. The summed E-state index contributed by atoms with van der Waals surface area (Å²) in [4.78, 5) is 11.6. The number of carbonyl (C=O) groups is 1. The molecule has 0 spiro atoms. The molecule has 2 N–H and O–H groups in total. The van der Waals surface area contributed by atoms with Crippen molar-refractivity contribution < 1.29 is 4.79 Å². The predicted octanol–water partition coefficient (Wildman–Crippen LogP) is 2.73. The molecule has 100 valence electrons. The highest BCUT2D eigenvalue weighted by molar-refractivity contribution is 6.30. The van der Waals surface area contributed by atoms with E-state index in [1.807, 2.05) is 24.3 Å². The number of hydrogen-bond acceptors (Lipinski definition) is 2. The Kier molecular flexibility index (Phi) is 6.76. The molecule has 1 aromatic carbocycles. The Morgan fingerprint density at radius 3 is 2.56 bits per heavy atom. The van der Waals surface area contributed by atoms with Gasteiger partial charge in [-0.2, -0.15) is 0 Å². The minimum absolute atomic E-state index is 0.0931. The van der Waals surface area contributed by atoms with Crippen molar-refractivity contribution in [3.8, 4) is 0 Å². The Morgan fingerprint density at radius 1 is 1.28 bits per heavy atom. The van der Waals surface area contributed by atoms with E-state index in [1.165, 1.54) is 0 Å². The van der Waals surface area contributed by atoms with Crippen molar-refractivity contribution in [1.29, 1.82) is 0 Å². The molecule has 18 heavy (non-hydrogen) atoms. The Bertz CT molecular complexity index is 363. The van der Waals surface area contributed by atoms with Gasteiger partial charge in [-0.25, -0.2) is 0 Å². The molecular weight excluding hydrogens is 248 g/mol.